The molecule has 0 radical (unpaired) electrons. The van der Waals surface area contributed by atoms with Crippen molar-refractivity contribution < 1.29 is 19.1 Å². The molecule has 0 unspecified atom stereocenters. The van der Waals surface area contributed by atoms with Gasteiger partial charge in [-0.15, -0.1) is 0 Å². The van der Waals surface area contributed by atoms with Crippen LogP contribution in [0.4, 0.5) is 0 Å². The van der Waals surface area contributed by atoms with Crippen molar-refractivity contribution in [2.75, 3.05) is 13.2 Å². The summed E-state index contributed by atoms with van der Waals surface area (Å²) < 4.78 is 10.3. The summed E-state index contributed by atoms with van der Waals surface area (Å²) in [7, 11) is 0. The molecule has 4 heteroatoms. The summed E-state index contributed by atoms with van der Waals surface area (Å²) in [6.45, 7) is 13.5. The van der Waals surface area contributed by atoms with Crippen LogP contribution in [0.1, 0.15) is 73.6 Å². The van der Waals surface area contributed by atoms with E-state index in [1.807, 2.05) is 0 Å². The van der Waals surface area contributed by atoms with E-state index >= 15 is 0 Å². The number of hydrogen-bond donors (Lipinski definition) is 0. The van der Waals surface area contributed by atoms with E-state index in [4.69, 9.17) is 9.47 Å². The molecule has 0 rings (SSSR count). The Balaban J connectivity index is 3.60. The molecule has 0 N–H and O–H groups in total. The van der Waals surface area contributed by atoms with Crippen molar-refractivity contribution in [3.63, 3.8) is 0 Å². The average molecular weight is 300 g/mol. The van der Waals surface area contributed by atoms with Gasteiger partial charge in [0.2, 0.25) is 0 Å². The largest absolute Gasteiger partial charge is 0.466 e. The minimum absolute atomic E-state index is 0.164. The number of ether oxygens (including phenoxy) is 2. The Hall–Kier alpha value is -1.06. The lowest BCUT2D eigenvalue weighted by Gasteiger charge is -2.17. The molecule has 0 aromatic heterocycles. The minimum atomic E-state index is -0.234. The number of esters is 2. The summed E-state index contributed by atoms with van der Waals surface area (Å²) in [5, 5.41) is 0. The number of rotatable bonds is 8. The normalized spacial score (nSPS) is 12.1. The van der Waals surface area contributed by atoms with E-state index in [-0.39, 0.29) is 35.6 Å². The van der Waals surface area contributed by atoms with Crippen molar-refractivity contribution in [3.05, 3.63) is 0 Å². The molecule has 0 aliphatic carbocycles. The van der Waals surface area contributed by atoms with Crippen molar-refractivity contribution in [3.8, 4) is 0 Å². The standard InChI is InChI=1S/C17H32O4/c1-16(2,3)10-12-20-14(18)8-7-9-15(19)21-13-11-17(4,5)6/h7-13H2,1-6H3. The van der Waals surface area contributed by atoms with E-state index in [1.165, 1.54) is 0 Å². The van der Waals surface area contributed by atoms with Gasteiger partial charge < -0.3 is 9.47 Å². The third-order valence-electron chi connectivity index (χ3n) is 2.99. The highest BCUT2D eigenvalue weighted by molar-refractivity contribution is 5.72. The number of carbonyl (C=O) groups excluding carboxylic acids is 2. The highest BCUT2D eigenvalue weighted by Gasteiger charge is 2.13. The first kappa shape index (κ1) is 19.9. The molecule has 124 valence electrons. The first-order valence-electron chi connectivity index (χ1n) is 7.81. The maximum atomic E-state index is 11.5. The fourth-order valence-corrected chi connectivity index (χ4v) is 1.46. The summed E-state index contributed by atoms with van der Waals surface area (Å²) in [5.74, 6) is -0.469. The summed E-state index contributed by atoms with van der Waals surface area (Å²) in [5.41, 5.74) is 0.328. The predicted octanol–water partition coefficient (Wildman–Crippen LogP) is 4.12. The van der Waals surface area contributed by atoms with E-state index in [2.05, 4.69) is 41.5 Å². The van der Waals surface area contributed by atoms with Crippen LogP contribution in [0.5, 0.6) is 0 Å². The molecular weight excluding hydrogens is 268 g/mol. The molecule has 0 aromatic rings. The Bertz CT molecular complexity index is 289. The lowest BCUT2D eigenvalue weighted by molar-refractivity contribution is -0.146. The maximum absolute atomic E-state index is 11.5. The van der Waals surface area contributed by atoms with E-state index < -0.39 is 0 Å². The molecular formula is C17H32O4. The van der Waals surface area contributed by atoms with Gasteiger partial charge in [-0.25, -0.2) is 0 Å². The van der Waals surface area contributed by atoms with Crippen molar-refractivity contribution in [2.45, 2.75) is 73.6 Å². The molecule has 0 heterocycles. The monoisotopic (exact) mass is 300 g/mol. The fraction of sp³-hybridized carbons (Fsp3) is 0.882. The molecule has 4 nitrogen and oxygen atoms in total. The number of hydrogen-bond acceptors (Lipinski definition) is 4. The average Bonchev–Trinajstić information content (AvgIpc) is 2.25. The summed E-state index contributed by atoms with van der Waals surface area (Å²) in [6, 6.07) is 0. The highest BCUT2D eigenvalue weighted by atomic mass is 16.5. The highest BCUT2D eigenvalue weighted by Crippen LogP contribution is 2.19. The van der Waals surface area contributed by atoms with Crippen LogP contribution in [0.25, 0.3) is 0 Å². The Kier molecular flexibility index (Phi) is 8.60. The van der Waals surface area contributed by atoms with Crippen molar-refractivity contribution in [1.82, 2.24) is 0 Å². The summed E-state index contributed by atoms with van der Waals surface area (Å²) in [6.07, 6.45) is 2.72. The van der Waals surface area contributed by atoms with Crippen LogP contribution in [0.15, 0.2) is 0 Å². The molecule has 0 spiro atoms. The predicted molar refractivity (Wildman–Crippen MR) is 83.9 cm³/mol. The Labute approximate surface area is 129 Å². The van der Waals surface area contributed by atoms with Crippen LogP contribution in [-0.2, 0) is 19.1 Å². The quantitative estimate of drug-likeness (QED) is 0.633. The molecule has 0 amide bonds. The van der Waals surface area contributed by atoms with E-state index in [9.17, 15) is 9.59 Å². The van der Waals surface area contributed by atoms with Gasteiger partial charge in [0, 0.05) is 12.8 Å². The van der Waals surface area contributed by atoms with Crippen LogP contribution in [-0.4, -0.2) is 25.2 Å². The first-order chi connectivity index (χ1) is 9.49. The van der Waals surface area contributed by atoms with Crippen molar-refractivity contribution in [2.24, 2.45) is 10.8 Å². The molecule has 21 heavy (non-hydrogen) atoms. The zero-order valence-electron chi connectivity index (χ0n) is 14.6. The van der Waals surface area contributed by atoms with Gasteiger partial charge in [0.05, 0.1) is 13.2 Å². The van der Waals surface area contributed by atoms with E-state index in [1.54, 1.807) is 0 Å². The first-order valence-corrected chi connectivity index (χ1v) is 7.81. The number of carbonyl (C=O) groups is 2. The lowest BCUT2D eigenvalue weighted by Crippen LogP contribution is -2.14. The molecule has 0 bridgehead atoms. The second-order valence-electron chi connectivity index (χ2n) is 7.92. The van der Waals surface area contributed by atoms with Gasteiger partial charge >= 0.3 is 11.9 Å². The summed E-state index contributed by atoms with van der Waals surface area (Å²) in [4.78, 5) is 23.0. The topological polar surface area (TPSA) is 52.6 Å². The van der Waals surface area contributed by atoms with Crippen LogP contribution in [0.2, 0.25) is 0 Å². The third-order valence-corrected chi connectivity index (χ3v) is 2.99. The molecule has 0 saturated heterocycles. The van der Waals surface area contributed by atoms with E-state index in [0.29, 0.717) is 19.6 Å². The van der Waals surface area contributed by atoms with E-state index in [0.717, 1.165) is 12.8 Å². The van der Waals surface area contributed by atoms with Gasteiger partial charge in [0.15, 0.2) is 0 Å². The summed E-state index contributed by atoms with van der Waals surface area (Å²) >= 11 is 0. The second kappa shape index (κ2) is 9.06. The van der Waals surface area contributed by atoms with Gasteiger partial charge in [-0.1, -0.05) is 41.5 Å². The third kappa shape index (κ3) is 15.2. The molecule has 0 atom stereocenters. The van der Waals surface area contributed by atoms with Gasteiger partial charge in [-0.3, -0.25) is 9.59 Å². The van der Waals surface area contributed by atoms with Crippen LogP contribution in [0, 0.1) is 10.8 Å². The van der Waals surface area contributed by atoms with Crippen molar-refractivity contribution >= 4 is 11.9 Å². The van der Waals surface area contributed by atoms with Gasteiger partial charge in [0.1, 0.15) is 0 Å². The zero-order chi connectivity index (χ0) is 16.5. The lowest BCUT2D eigenvalue weighted by atomic mass is 9.93. The molecule has 0 aliphatic heterocycles. The molecule has 0 saturated carbocycles. The fourth-order valence-electron chi connectivity index (χ4n) is 1.46. The van der Waals surface area contributed by atoms with Crippen LogP contribution >= 0.6 is 0 Å². The zero-order valence-corrected chi connectivity index (χ0v) is 14.6. The van der Waals surface area contributed by atoms with Crippen LogP contribution in [0.3, 0.4) is 0 Å². The Morgan fingerprint density at radius 3 is 1.33 bits per heavy atom. The molecule has 0 fully saturated rings. The molecule has 0 aliphatic rings. The Morgan fingerprint density at radius 2 is 1.05 bits per heavy atom. The van der Waals surface area contributed by atoms with Gasteiger partial charge in [-0.05, 0) is 30.1 Å². The SMILES string of the molecule is CC(C)(C)CCOC(=O)CCCC(=O)OCCC(C)(C)C. The van der Waals surface area contributed by atoms with Gasteiger partial charge in [0.25, 0.3) is 0 Å². The second-order valence-corrected chi connectivity index (χ2v) is 7.92. The maximum Gasteiger partial charge on any atom is 0.305 e. The van der Waals surface area contributed by atoms with Gasteiger partial charge in [-0.2, -0.15) is 0 Å². The minimum Gasteiger partial charge on any atom is -0.466 e. The van der Waals surface area contributed by atoms with Crippen LogP contribution < -0.4 is 0 Å². The Morgan fingerprint density at radius 1 is 0.714 bits per heavy atom. The van der Waals surface area contributed by atoms with Crippen molar-refractivity contribution in [1.29, 1.82) is 0 Å². The smallest absolute Gasteiger partial charge is 0.305 e. The molecule has 0 aromatic carbocycles.